The van der Waals surface area contributed by atoms with Crippen molar-refractivity contribution in [3.8, 4) is 11.6 Å². The molecule has 6 heteroatoms. The van der Waals surface area contributed by atoms with Gasteiger partial charge in [-0.15, -0.1) is 0 Å². The number of hydrogen-bond acceptors (Lipinski definition) is 4. The van der Waals surface area contributed by atoms with Crippen molar-refractivity contribution in [2.24, 2.45) is 5.73 Å². The summed E-state index contributed by atoms with van der Waals surface area (Å²) < 4.78 is 5.71. The lowest BCUT2D eigenvalue weighted by molar-refractivity contribution is 0.0994. The topological polar surface area (TPSA) is 85.5 Å². The molecule has 0 fully saturated rings. The molecule has 124 valence electrons. The summed E-state index contributed by atoms with van der Waals surface area (Å²) in [5.74, 6) is 0.0981. The van der Waals surface area contributed by atoms with Gasteiger partial charge in [-0.2, -0.15) is 0 Å². The molecule has 2 N–H and O–H groups in total. The van der Waals surface area contributed by atoms with Gasteiger partial charge in [0.05, 0.1) is 5.69 Å². The minimum Gasteiger partial charge on any atom is -0.437 e. The highest BCUT2D eigenvalue weighted by Gasteiger charge is 2.25. The van der Waals surface area contributed by atoms with Gasteiger partial charge < -0.3 is 10.5 Å². The molecule has 0 spiro atoms. The Kier molecular flexibility index (Phi) is 4.71. The Morgan fingerprint density at radius 2 is 1.56 bits per heavy atom. The van der Waals surface area contributed by atoms with Gasteiger partial charge in [-0.1, -0.05) is 36.4 Å². The van der Waals surface area contributed by atoms with Crippen molar-refractivity contribution >= 4 is 17.6 Å². The highest BCUT2D eigenvalue weighted by Crippen LogP contribution is 2.32. The first-order chi connectivity index (χ1) is 12.2. The largest absolute Gasteiger partial charge is 0.437 e. The van der Waals surface area contributed by atoms with E-state index in [1.54, 1.807) is 79.0 Å². The van der Waals surface area contributed by atoms with Gasteiger partial charge in [-0.25, -0.2) is 14.7 Å². The van der Waals surface area contributed by atoms with E-state index in [0.29, 0.717) is 17.2 Å². The number of carbonyl (C=O) groups excluding carboxylic acids is 2. The standard InChI is InChI=1S/C19H15N3O3/c20-19(24)22(18(23)14-8-2-1-3-9-14)15-10-4-5-11-16(15)25-17-12-6-7-13-21-17/h1-13H,(H2,20,24). The Morgan fingerprint density at radius 1 is 0.880 bits per heavy atom. The number of hydrogen-bond donors (Lipinski definition) is 1. The van der Waals surface area contributed by atoms with Crippen molar-refractivity contribution < 1.29 is 14.3 Å². The molecule has 0 aliphatic heterocycles. The van der Waals surface area contributed by atoms with Crippen molar-refractivity contribution in [2.45, 2.75) is 0 Å². The molecule has 2 aromatic carbocycles. The molecule has 0 saturated heterocycles. The number of pyridine rings is 1. The van der Waals surface area contributed by atoms with Crippen LogP contribution in [0, 0.1) is 0 Å². The molecule has 0 aliphatic rings. The second kappa shape index (κ2) is 7.27. The smallest absolute Gasteiger partial charge is 0.326 e. The molecule has 3 aromatic rings. The predicted molar refractivity (Wildman–Crippen MR) is 93.6 cm³/mol. The van der Waals surface area contributed by atoms with Gasteiger partial charge in [0.25, 0.3) is 5.91 Å². The molecule has 0 aliphatic carbocycles. The molecule has 0 saturated carbocycles. The van der Waals surface area contributed by atoms with Gasteiger partial charge in [0, 0.05) is 17.8 Å². The second-order valence-electron chi connectivity index (χ2n) is 5.08. The number of urea groups is 1. The number of nitrogens with zero attached hydrogens (tertiary/aromatic N) is 2. The van der Waals surface area contributed by atoms with Crippen molar-refractivity contribution in [3.63, 3.8) is 0 Å². The summed E-state index contributed by atoms with van der Waals surface area (Å²) in [6.45, 7) is 0. The number of benzene rings is 2. The normalized spacial score (nSPS) is 10.1. The summed E-state index contributed by atoms with van der Waals surface area (Å²) in [4.78, 5) is 29.7. The van der Waals surface area contributed by atoms with E-state index in [2.05, 4.69) is 4.98 Å². The number of para-hydroxylation sites is 2. The summed E-state index contributed by atoms with van der Waals surface area (Å²) in [5.41, 5.74) is 6.05. The molecular weight excluding hydrogens is 318 g/mol. The number of nitrogens with two attached hydrogens (primary N) is 1. The maximum Gasteiger partial charge on any atom is 0.326 e. The van der Waals surface area contributed by atoms with E-state index in [1.807, 2.05) is 0 Å². The molecule has 6 nitrogen and oxygen atoms in total. The second-order valence-corrected chi connectivity index (χ2v) is 5.08. The molecular formula is C19H15N3O3. The highest BCUT2D eigenvalue weighted by atomic mass is 16.5. The van der Waals surface area contributed by atoms with Crippen molar-refractivity contribution in [1.82, 2.24) is 4.98 Å². The van der Waals surface area contributed by atoms with Crippen LogP contribution in [0.1, 0.15) is 10.4 Å². The number of amides is 3. The molecule has 0 unspecified atom stereocenters. The average molecular weight is 333 g/mol. The average Bonchev–Trinajstić information content (AvgIpc) is 2.64. The maximum absolute atomic E-state index is 12.7. The van der Waals surface area contributed by atoms with Gasteiger partial charge in [0.2, 0.25) is 5.88 Å². The molecule has 0 radical (unpaired) electrons. The minimum absolute atomic E-state index is 0.245. The van der Waals surface area contributed by atoms with Crippen LogP contribution >= 0.6 is 0 Å². The SMILES string of the molecule is NC(=O)N(C(=O)c1ccccc1)c1ccccc1Oc1ccccn1. The van der Waals surface area contributed by atoms with Gasteiger partial charge >= 0.3 is 6.03 Å². The van der Waals surface area contributed by atoms with Gasteiger partial charge in [0.1, 0.15) is 0 Å². The van der Waals surface area contributed by atoms with E-state index in [1.165, 1.54) is 0 Å². The fraction of sp³-hybridized carbons (Fsp3) is 0. The molecule has 1 aromatic heterocycles. The van der Waals surface area contributed by atoms with Gasteiger partial charge in [-0.3, -0.25) is 4.79 Å². The van der Waals surface area contributed by atoms with Crippen LogP contribution in [0.25, 0.3) is 0 Å². The zero-order valence-corrected chi connectivity index (χ0v) is 13.2. The predicted octanol–water partition coefficient (Wildman–Crippen LogP) is 3.60. The van der Waals surface area contributed by atoms with Crippen LogP contribution in [0.15, 0.2) is 79.0 Å². The molecule has 25 heavy (non-hydrogen) atoms. The summed E-state index contributed by atoms with van der Waals surface area (Å²) in [6, 6.07) is 19.4. The van der Waals surface area contributed by atoms with Gasteiger partial charge in [-0.05, 0) is 30.3 Å². The first-order valence-corrected chi connectivity index (χ1v) is 7.53. The van der Waals surface area contributed by atoms with E-state index in [0.717, 1.165) is 4.90 Å². The molecule has 0 atom stereocenters. The van der Waals surface area contributed by atoms with Crippen LogP contribution in [0.2, 0.25) is 0 Å². The first kappa shape index (κ1) is 16.2. The Balaban J connectivity index is 2.00. The Bertz CT molecular complexity index is 883. The zero-order valence-electron chi connectivity index (χ0n) is 13.2. The number of aromatic nitrogens is 1. The minimum atomic E-state index is -0.897. The van der Waals surface area contributed by atoms with Crippen molar-refractivity contribution in [3.05, 3.63) is 84.6 Å². The van der Waals surface area contributed by atoms with E-state index in [4.69, 9.17) is 10.5 Å². The summed E-state index contributed by atoms with van der Waals surface area (Å²) in [7, 11) is 0. The third kappa shape index (κ3) is 3.64. The fourth-order valence-electron chi connectivity index (χ4n) is 2.29. The van der Waals surface area contributed by atoms with E-state index >= 15 is 0 Å². The lowest BCUT2D eigenvalue weighted by atomic mass is 10.2. The van der Waals surface area contributed by atoms with Crippen LogP contribution < -0.4 is 15.4 Å². The number of anilines is 1. The maximum atomic E-state index is 12.7. The molecule has 3 amide bonds. The number of primary amides is 1. The third-order valence-corrected chi connectivity index (χ3v) is 3.40. The van der Waals surface area contributed by atoms with Crippen LogP contribution in [-0.4, -0.2) is 16.9 Å². The number of ether oxygens (including phenoxy) is 1. The Morgan fingerprint density at radius 3 is 2.24 bits per heavy atom. The number of carbonyl (C=O) groups is 2. The highest BCUT2D eigenvalue weighted by molar-refractivity contribution is 6.20. The summed E-state index contributed by atoms with van der Waals surface area (Å²) in [6.07, 6.45) is 1.58. The molecule has 1 heterocycles. The van der Waals surface area contributed by atoms with E-state index in [-0.39, 0.29) is 5.69 Å². The van der Waals surface area contributed by atoms with Crippen LogP contribution in [0.4, 0.5) is 10.5 Å². The van der Waals surface area contributed by atoms with Crippen LogP contribution in [-0.2, 0) is 0 Å². The Labute approximate surface area is 144 Å². The zero-order chi connectivity index (χ0) is 17.6. The lowest BCUT2D eigenvalue weighted by Crippen LogP contribution is -2.41. The first-order valence-electron chi connectivity index (χ1n) is 7.53. The quantitative estimate of drug-likeness (QED) is 0.790. The lowest BCUT2D eigenvalue weighted by Gasteiger charge is -2.21. The van der Waals surface area contributed by atoms with Crippen molar-refractivity contribution in [1.29, 1.82) is 0 Å². The number of imide groups is 1. The van der Waals surface area contributed by atoms with Crippen LogP contribution in [0.3, 0.4) is 0 Å². The monoisotopic (exact) mass is 333 g/mol. The number of rotatable bonds is 4. The summed E-state index contributed by atoms with van der Waals surface area (Å²) >= 11 is 0. The van der Waals surface area contributed by atoms with E-state index in [9.17, 15) is 9.59 Å². The Hall–Kier alpha value is -3.67. The molecule has 0 bridgehead atoms. The van der Waals surface area contributed by atoms with Gasteiger partial charge in [0.15, 0.2) is 5.75 Å². The van der Waals surface area contributed by atoms with E-state index < -0.39 is 11.9 Å². The van der Waals surface area contributed by atoms with Crippen molar-refractivity contribution in [2.75, 3.05) is 4.90 Å². The fourth-order valence-corrected chi connectivity index (χ4v) is 2.29. The molecule has 3 rings (SSSR count). The third-order valence-electron chi connectivity index (χ3n) is 3.40. The summed E-state index contributed by atoms with van der Waals surface area (Å²) in [5, 5.41) is 0. The van der Waals surface area contributed by atoms with Crippen LogP contribution in [0.5, 0.6) is 11.6 Å².